The highest BCUT2D eigenvalue weighted by Gasteiger charge is 2.14. The lowest BCUT2D eigenvalue weighted by atomic mass is 10.4. The summed E-state index contributed by atoms with van der Waals surface area (Å²) in [7, 11) is 0. The third kappa shape index (κ3) is 0.753. The SMILES string of the molecule is Cc1cc2oc(F)c(F)c2[nH]1. The number of nitrogens with one attached hydrogen (secondary N) is 1. The van der Waals surface area contributed by atoms with Crippen LogP contribution in [0, 0.1) is 18.8 Å². The molecule has 1 N–H and O–H groups in total. The van der Waals surface area contributed by atoms with E-state index in [0.29, 0.717) is 0 Å². The van der Waals surface area contributed by atoms with Gasteiger partial charge in [0.25, 0.3) is 0 Å². The molecule has 2 nitrogen and oxygen atoms in total. The Balaban J connectivity index is 2.88. The van der Waals surface area contributed by atoms with Crippen LogP contribution in [0.25, 0.3) is 11.1 Å². The first-order chi connectivity index (χ1) is 5.18. The Labute approximate surface area is 60.8 Å². The number of furan rings is 1. The molecule has 2 aromatic rings. The van der Waals surface area contributed by atoms with Crippen LogP contribution in [0.3, 0.4) is 0 Å². The predicted molar refractivity (Wildman–Crippen MR) is 35.2 cm³/mol. The third-order valence-electron chi connectivity index (χ3n) is 1.51. The van der Waals surface area contributed by atoms with Gasteiger partial charge >= 0.3 is 6.01 Å². The summed E-state index contributed by atoms with van der Waals surface area (Å²) in [5, 5.41) is 0. The maximum Gasteiger partial charge on any atom is 0.317 e. The van der Waals surface area contributed by atoms with E-state index in [2.05, 4.69) is 9.40 Å². The minimum absolute atomic E-state index is 0.0972. The van der Waals surface area contributed by atoms with Gasteiger partial charge in [-0.05, 0) is 6.92 Å². The van der Waals surface area contributed by atoms with Crippen molar-refractivity contribution >= 4 is 11.1 Å². The molecule has 58 valence electrons. The second-order valence-corrected chi connectivity index (χ2v) is 2.38. The number of hydrogen-bond acceptors (Lipinski definition) is 1. The van der Waals surface area contributed by atoms with Crippen molar-refractivity contribution in [2.75, 3.05) is 0 Å². The van der Waals surface area contributed by atoms with Gasteiger partial charge in [-0.15, -0.1) is 0 Å². The number of aromatic nitrogens is 1. The Morgan fingerprint density at radius 2 is 2.18 bits per heavy atom. The average Bonchev–Trinajstić information content (AvgIpc) is 2.37. The van der Waals surface area contributed by atoms with Gasteiger partial charge in [0, 0.05) is 11.8 Å². The summed E-state index contributed by atoms with van der Waals surface area (Å²) >= 11 is 0. The molecule has 2 heterocycles. The Morgan fingerprint density at radius 3 is 2.82 bits per heavy atom. The van der Waals surface area contributed by atoms with Gasteiger partial charge in [0.05, 0.1) is 0 Å². The molecule has 0 saturated heterocycles. The second-order valence-electron chi connectivity index (χ2n) is 2.38. The van der Waals surface area contributed by atoms with Crippen LogP contribution in [0.2, 0.25) is 0 Å². The zero-order valence-corrected chi connectivity index (χ0v) is 5.74. The van der Waals surface area contributed by atoms with Crippen LogP contribution < -0.4 is 0 Å². The summed E-state index contributed by atoms with van der Waals surface area (Å²) in [5.41, 5.74) is 1.06. The number of rotatable bonds is 0. The molecule has 0 bridgehead atoms. The molecule has 2 rings (SSSR count). The van der Waals surface area contributed by atoms with E-state index in [4.69, 9.17) is 0 Å². The highest BCUT2D eigenvalue weighted by Crippen LogP contribution is 2.22. The monoisotopic (exact) mass is 157 g/mol. The highest BCUT2D eigenvalue weighted by atomic mass is 19.2. The van der Waals surface area contributed by atoms with Crippen LogP contribution in [0.4, 0.5) is 8.78 Å². The van der Waals surface area contributed by atoms with Gasteiger partial charge in [-0.1, -0.05) is 0 Å². The Kier molecular flexibility index (Phi) is 1.07. The fourth-order valence-corrected chi connectivity index (χ4v) is 1.05. The fourth-order valence-electron chi connectivity index (χ4n) is 1.05. The molecular formula is C7H5F2NO. The lowest BCUT2D eigenvalue weighted by Gasteiger charge is -1.79. The van der Waals surface area contributed by atoms with E-state index in [9.17, 15) is 8.78 Å². The predicted octanol–water partition coefficient (Wildman–Crippen LogP) is 2.35. The number of aryl methyl sites for hydroxylation is 1. The molecule has 0 aromatic carbocycles. The molecule has 2 aromatic heterocycles. The molecule has 0 aliphatic carbocycles. The molecule has 0 spiro atoms. The first-order valence-corrected chi connectivity index (χ1v) is 3.11. The number of fused-ring (bicyclic) bond motifs is 1. The molecule has 0 aliphatic heterocycles. The van der Waals surface area contributed by atoms with Crippen molar-refractivity contribution in [2.45, 2.75) is 6.92 Å². The molecule has 0 fully saturated rings. The molecular weight excluding hydrogens is 152 g/mol. The average molecular weight is 157 g/mol. The van der Waals surface area contributed by atoms with Crippen molar-refractivity contribution in [3.8, 4) is 0 Å². The summed E-state index contributed by atoms with van der Waals surface area (Å²) in [6.07, 6.45) is 0. The van der Waals surface area contributed by atoms with Crippen molar-refractivity contribution < 1.29 is 13.2 Å². The van der Waals surface area contributed by atoms with Gasteiger partial charge < -0.3 is 9.40 Å². The van der Waals surface area contributed by atoms with Crippen LogP contribution >= 0.6 is 0 Å². The van der Waals surface area contributed by atoms with E-state index >= 15 is 0 Å². The van der Waals surface area contributed by atoms with Gasteiger partial charge in [0.15, 0.2) is 5.58 Å². The van der Waals surface area contributed by atoms with Crippen molar-refractivity contribution in [1.29, 1.82) is 0 Å². The van der Waals surface area contributed by atoms with E-state index in [1.165, 1.54) is 0 Å². The minimum Gasteiger partial charge on any atom is -0.427 e. The molecule has 0 radical (unpaired) electrons. The molecule has 0 atom stereocenters. The third-order valence-corrected chi connectivity index (χ3v) is 1.51. The van der Waals surface area contributed by atoms with E-state index in [0.717, 1.165) is 5.69 Å². The quantitative estimate of drug-likeness (QED) is 0.624. The zero-order chi connectivity index (χ0) is 8.01. The summed E-state index contributed by atoms with van der Waals surface area (Å²) in [4.78, 5) is 2.64. The van der Waals surface area contributed by atoms with Gasteiger partial charge in [0.1, 0.15) is 5.52 Å². The largest absolute Gasteiger partial charge is 0.427 e. The molecule has 0 unspecified atom stereocenters. The lowest BCUT2D eigenvalue weighted by molar-refractivity contribution is 0.342. The summed E-state index contributed by atoms with van der Waals surface area (Å²) in [5.74, 6) is -0.951. The number of H-pyrrole nitrogens is 1. The Morgan fingerprint density at radius 1 is 1.45 bits per heavy atom. The maximum absolute atomic E-state index is 12.7. The molecule has 4 heteroatoms. The maximum atomic E-state index is 12.7. The van der Waals surface area contributed by atoms with E-state index in [-0.39, 0.29) is 11.1 Å². The highest BCUT2D eigenvalue weighted by molar-refractivity contribution is 5.75. The number of halogens is 2. The van der Waals surface area contributed by atoms with Gasteiger partial charge in [-0.25, -0.2) is 0 Å². The van der Waals surface area contributed by atoms with Crippen molar-refractivity contribution in [1.82, 2.24) is 4.98 Å². The Hall–Kier alpha value is -1.32. The van der Waals surface area contributed by atoms with Crippen molar-refractivity contribution in [3.63, 3.8) is 0 Å². The van der Waals surface area contributed by atoms with E-state index in [1.807, 2.05) is 0 Å². The molecule has 0 aliphatic rings. The number of hydrogen-bond donors (Lipinski definition) is 1. The summed E-state index contributed by atoms with van der Waals surface area (Å²) < 4.78 is 29.5. The van der Waals surface area contributed by atoms with Crippen LogP contribution in [0.1, 0.15) is 5.69 Å². The first-order valence-electron chi connectivity index (χ1n) is 3.11. The number of aromatic amines is 1. The zero-order valence-electron chi connectivity index (χ0n) is 5.74. The second kappa shape index (κ2) is 1.84. The summed E-state index contributed by atoms with van der Waals surface area (Å²) in [6, 6.07) is 0.382. The standard InChI is InChI=1S/C7H5F2NO/c1-3-2-4-6(10-3)5(8)7(9)11-4/h2,10H,1H3. The fraction of sp³-hybridized carbons (Fsp3) is 0.143. The van der Waals surface area contributed by atoms with Crippen LogP contribution in [-0.2, 0) is 0 Å². The van der Waals surface area contributed by atoms with Crippen LogP contribution in [0.15, 0.2) is 10.5 Å². The molecule has 11 heavy (non-hydrogen) atoms. The van der Waals surface area contributed by atoms with E-state index < -0.39 is 11.8 Å². The lowest BCUT2D eigenvalue weighted by Crippen LogP contribution is -1.75. The van der Waals surface area contributed by atoms with Gasteiger partial charge in [-0.2, -0.15) is 8.78 Å². The van der Waals surface area contributed by atoms with Crippen LogP contribution in [0.5, 0.6) is 0 Å². The van der Waals surface area contributed by atoms with E-state index in [1.54, 1.807) is 13.0 Å². The first kappa shape index (κ1) is 6.39. The van der Waals surface area contributed by atoms with Gasteiger partial charge in [0.2, 0.25) is 5.82 Å². The summed E-state index contributed by atoms with van der Waals surface area (Å²) in [6.45, 7) is 1.74. The van der Waals surface area contributed by atoms with Crippen LogP contribution in [-0.4, -0.2) is 4.98 Å². The Bertz CT molecular complexity index is 402. The van der Waals surface area contributed by atoms with Gasteiger partial charge in [-0.3, -0.25) is 0 Å². The minimum atomic E-state index is -1.16. The molecule has 0 amide bonds. The molecule has 0 saturated carbocycles. The van der Waals surface area contributed by atoms with Crippen molar-refractivity contribution in [3.05, 3.63) is 23.6 Å². The smallest absolute Gasteiger partial charge is 0.317 e. The normalized spacial score (nSPS) is 11.2. The topological polar surface area (TPSA) is 28.9 Å². The van der Waals surface area contributed by atoms with Crippen molar-refractivity contribution in [2.24, 2.45) is 0 Å².